The lowest BCUT2D eigenvalue weighted by Crippen LogP contribution is -2.43. The van der Waals surface area contributed by atoms with Gasteiger partial charge in [0, 0.05) is 11.8 Å². The molecular weight excluding hydrogens is 207 g/mol. The van der Waals surface area contributed by atoms with E-state index in [-0.39, 0.29) is 0 Å². The van der Waals surface area contributed by atoms with Gasteiger partial charge in [0.1, 0.15) is 5.92 Å². The van der Waals surface area contributed by atoms with Gasteiger partial charge in [-0.15, -0.1) is 0 Å². The van der Waals surface area contributed by atoms with E-state index in [9.17, 15) is 9.18 Å². The van der Waals surface area contributed by atoms with E-state index in [1.807, 2.05) is 0 Å². The van der Waals surface area contributed by atoms with Crippen LogP contribution in [-0.4, -0.2) is 35.1 Å². The largest absolute Gasteiger partial charge is 0.409 e. The number of carbonyl (C=O) groups excluding carboxylic acids is 1. The molecule has 1 amide bonds. The average molecular weight is 222 g/mol. The molecule has 0 aromatic carbocycles. The van der Waals surface area contributed by atoms with Crippen molar-refractivity contribution in [2.45, 2.75) is 18.6 Å². The zero-order valence-electron chi connectivity index (χ0n) is 8.67. The molecule has 0 saturated heterocycles. The maximum Gasteiger partial charge on any atom is 0.240 e. The van der Waals surface area contributed by atoms with Gasteiger partial charge in [-0.05, 0) is 20.1 Å². The van der Waals surface area contributed by atoms with Crippen molar-refractivity contribution < 1.29 is 14.4 Å². The summed E-state index contributed by atoms with van der Waals surface area (Å²) in [5, 5.41) is 13.1. The van der Waals surface area contributed by atoms with Crippen molar-refractivity contribution >= 4 is 23.6 Å². The molecule has 0 aliphatic carbocycles. The molecule has 0 fully saturated rings. The van der Waals surface area contributed by atoms with Crippen molar-refractivity contribution in [2.75, 3.05) is 13.3 Å². The first-order chi connectivity index (χ1) is 6.40. The monoisotopic (exact) mass is 222 g/mol. The smallest absolute Gasteiger partial charge is 0.240 e. The first-order valence-electron chi connectivity index (χ1n) is 4.05. The predicted molar refractivity (Wildman–Crippen MR) is 55.5 cm³/mol. The normalized spacial score (nSPS) is 15.1. The second kappa shape index (κ2) is 5.19. The van der Waals surface area contributed by atoms with E-state index in [0.717, 1.165) is 0 Å². The highest BCUT2D eigenvalue weighted by Crippen LogP contribution is 2.32. The zero-order chi connectivity index (χ0) is 11.4. The van der Waals surface area contributed by atoms with Crippen molar-refractivity contribution in [3.05, 3.63) is 0 Å². The summed E-state index contributed by atoms with van der Waals surface area (Å²) in [6.07, 6.45) is 1.76. The van der Waals surface area contributed by atoms with Crippen LogP contribution in [0.5, 0.6) is 0 Å². The van der Waals surface area contributed by atoms with E-state index in [2.05, 4.69) is 10.5 Å². The fourth-order valence-electron chi connectivity index (χ4n) is 1.03. The Morgan fingerprint density at radius 2 is 2.14 bits per heavy atom. The molecule has 0 saturated carbocycles. The van der Waals surface area contributed by atoms with Gasteiger partial charge < -0.3 is 10.5 Å². The summed E-state index contributed by atoms with van der Waals surface area (Å²) in [4.78, 5) is 11.4. The molecule has 0 aromatic rings. The topological polar surface area (TPSA) is 61.7 Å². The molecule has 14 heavy (non-hydrogen) atoms. The van der Waals surface area contributed by atoms with E-state index >= 15 is 0 Å². The summed E-state index contributed by atoms with van der Waals surface area (Å²) in [6, 6.07) is 0. The van der Waals surface area contributed by atoms with Gasteiger partial charge in [-0.3, -0.25) is 4.79 Å². The van der Waals surface area contributed by atoms with E-state index in [1.165, 1.54) is 18.8 Å². The number of carbonyl (C=O) groups is 1. The molecule has 0 bridgehead atoms. The third kappa shape index (κ3) is 2.87. The third-order valence-corrected chi connectivity index (χ3v) is 3.35. The van der Waals surface area contributed by atoms with Crippen LogP contribution in [0.4, 0.5) is 4.39 Å². The molecule has 0 heterocycles. The van der Waals surface area contributed by atoms with Gasteiger partial charge in [0.05, 0.1) is 0 Å². The van der Waals surface area contributed by atoms with Crippen LogP contribution in [0.1, 0.15) is 13.8 Å². The van der Waals surface area contributed by atoms with Crippen molar-refractivity contribution in [3.8, 4) is 0 Å². The molecule has 0 rings (SSSR count). The summed E-state index contributed by atoms with van der Waals surface area (Å²) < 4.78 is 12.5. The van der Waals surface area contributed by atoms with E-state index < -0.39 is 22.5 Å². The Bertz CT molecular complexity index is 243. The Hall–Kier alpha value is -0.780. The van der Waals surface area contributed by atoms with Crippen molar-refractivity contribution in [1.29, 1.82) is 0 Å². The Kier molecular flexibility index (Phi) is 4.90. The number of hydrogen-bond acceptors (Lipinski definition) is 4. The lowest BCUT2D eigenvalue weighted by molar-refractivity contribution is -0.123. The number of thioether (sulfide) groups is 1. The minimum Gasteiger partial charge on any atom is -0.409 e. The Balaban J connectivity index is 5.01. The number of nitrogens with one attached hydrogen (secondary N) is 1. The number of hydrogen-bond donors (Lipinski definition) is 2. The quantitative estimate of drug-likeness (QED) is 0.427. The molecule has 1 unspecified atom stereocenters. The van der Waals surface area contributed by atoms with Gasteiger partial charge in [0.2, 0.25) is 11.9 Å². The standard InChI is InChI=1S/C8H15FN2O2S/c1-8(2,14-4)5(6(9)11-13)7(12)10-3/h5,13H,1-4H3,(H,10,12). The molecule has 2 N–H and O–H groups in total. The maximum absolute atomic E-state index is 13.1. The second-order valence-electron chi connectivity index (χ2n) is 3.28. The summed E-state index contributed by atoms with van der Waals surface area (Å²) in [6.45, 7) is 3.42. The van der Waals surface area contributed by atoms with Crippen LogP contribution >= 0.6 is 11.8 Å². The SMILES string of the molecule is CNC(=O)C(C(F)=NO)C(C)(C)SC. The highest BCUT2D eigenvalue weighted by Gasteiger charge is 2.39. The minimum absolute atomic E-state index is 0.500. The molecular formula is C8H15FN2O2S. The van der Waals surface area contributed by atoms with Crippen molar-refractivity contribution in [3.63, 3.8) is 0 Å². The van der Waals surface area contributed by atoms with Crippen LogP contribution in [0.25, 0.3) is 0 Å². The molecule has 82 valence electrons. The van der Waals surface area contributed by atoms with Gasteiger partial charge >= 0.3 is 0 Å². The number of rotatable bonds is 4. The number of amides is 1. The highest BCUT2D eigenvalue weighted by atomic mass is 32.2. The lowest BCUT2D eigenvalue weighted by Gasteiger charge is -2.28. The zero-order valence-corrected chi connectivity index (χ0v) is 9.48. The number of oxime groups is 1. The average Bonchev–Trinajstić information content (AvgIpc) is 2.17. The van der Waals surface area contributed by atoms with Gasteiger partial charge in [-0.25, -0.2) is 0 Å². The van der Waals surface area contributed by atoms with Crippen LogP contribution in [-0.2, 0) is 4.79 Å². The summed E-state index contributed by atoms with van der Waals surface area (Å²) in [5.41, 5.74) is 0. The number of halogens is 1. The van der Waals surface area contributed by atoms with E-state index in [4.69, 9.17) is 5.21 Å². The second-order valence-corrected chi connectivity index (χ2v) is 4.74. The first kappa shape index (κ1) is 13.2. The molecule has 4 nitrogen and oxygen atoms in total. The van der Waals surface area contributed by atoms with Gasteiger partial charge in [-0.2, -0.15) is 16.2 Å². The molecule has 0 aromatic heterocycles. The molecule has 6 heteroatoms. The molecule has 0 aliphatic rings. The van der Waals surface area contributed by atoms with Crippen LogP contribution in [0.2, 0.25) is 0 Å². The van der Waals surface area contributed by atoms with E-state index in [1.54, 1.807) is 20.1 Å². The van der Waals surface area contributed by atoms with Crippen LogP contribution in [0.15, 0.2) is 5.16 Å². The van der Waals surface area contributed by atoms with Crippen molar-refractivity contribution in [1.82, 2.24) is 5.32 Å². The first-order valence-corrected chi connectivity index (χ1v) is 5.27. The minimum atomic E-state index is -1.08. The highest BCUT2D eigenvalue weighted by molar-refractivity contribution is 8.00. The molecule has 0 aliphatic heterocycles. The molecule has 0 spiro atoms. The summed E-state index contributed by atoms with van der Waals surface area (Å²) in [5.74, 6) is -2.64. The summed E-state index contributed by atoms with van der Waals surface area (Å²) in [7, 11) is 1.41. The van der Waals surface area contributed by atoms with Crippen LogP contribution in [0, 0.1) is 5.92 Å². The maximum atomic E-state index is 13.1. The molecule has 0 radical (unpaired) electrons. The van der Waals surface area contributed by atoms with Gasteiger partial charge in [0.15, 0.2) is 0 Å². The Morgan fingerprint density at radius 1 is 1.64 bits per heavy atom. The van der Waals surface area contributed by atoms with Crippen molar-refractivity contribution in [2.24, 2.45) is 11.1 Å². The third-order valence-electron chi connectivity index (χ3n) is 2.06. The van der Waals surface area contributed by atoms with Gasteiger partial charge in [0.25, 0.3) is 0 Å². The van der Waals surface area contributed by atoms with Gasteiger partial charge in [-0.1, -0.05) is 5.16 Å². The fraction of sp³-hybridized carbons (Fsp3) is 0.750. The molecule has 1 atom stereocenters. The number of nitrogens with zero attached hydrogens (tertiary/aromatic N) is 1. The van der Waals surface area contributed by atoms with Crippen LogP contribution < -0.4 is 5.32 Å². The predicted octanol–water partition coefficient (Wildman–Crippen LogP) is 1.25. The summed E-state index contributed by atoms with van der Waals surface area (Å²) >= 11 is 1.33. The Labute approximate surface area is 86.9 Å². The fourth-order valence-corrected chi connectivity index (χ4v) is 1.47. The lowest BCUT2D eigenvalue weighted by atomic mass is 9.94. The van der Waals surface area contributed by atoms with E-state index in [0.29, 0.717) is 0 Å². The van der Waals surface area contributed by atoms with Crippen LogP contribution in [0.3, 0.4) is 0 Å². The Morgan fingerprint density at radius 3 is 2.43 bits per heavy atom.